The molecule has 2 aliphatic rings. The summed E-state index contributed by atoms with van der Waals surface area (Å²) in [6, 6.07) is 1.45. The van der Waals surface area contributed by atoms with Gasteiger partial charge in [-0.2, -0.15) is 0 Å². The van der Waals surface area contributed by atoms with Gasteiger partial charge >= 0.3 is 0 Å². The minimum Gasteiger partial charge on any atom is -0.314 e. The van der Waals surface area contributed by atoms with Gasteiger partial charge < -0.3 is 10.2 Å². The molecule has 0 aromatic rings. The normalized spacial score (nSPS) is 35.0. The van der Waals surface area contributed by atoms with Gasteiger partial charge in [-0.1, -0.05) is 20.8 Å². The van der Waals surface area contributed by atoms with Crippen LogP contribution in [-0.2, 0) is 0 Å². The summed E-state index contributed by atoms with van der Waals surface area (Å²) in [6.07, 6.45) is 5.37. The van der Waals surface area contributed by atoms with E-state index in [1.807, 2.05) is 0 Å². The van der Waals surface area contributed by atoms with E-state index in [1.54, 1.807) is 0 Å². The maximum absolute atomic E-state index is 3.84. The number of hydrogen-bond donors (Lipinski definition) is 1. The average Bonchev–Trinajstić information content (AvgIpc) is 2.40. The zero-order chi connectivity index (χ0) is 15.5. The number of rotatable bonds is 5. The molecule has 1 heterocycles. The highest BCUT2D eigenvalue weighted by Crippen LogP contribution is 2.39. The van der Waals surface area contributed by atoms with Crippen LogP contribution < -0.4 is 5.32 Å². The van der Waals surface area contributed by atoms with Crippen molar-refractivity contribution in [2.75, 3.05) is 39.8 Å². The molecule has 0 aromatic carbocycles. The molecule has 1 N–H and O–H groups in total. The molecule has 3 unspecified atom stereocenters. The van der Waals surface area contributed by atoms with E-state index in [2.05, 4.69) is 49.9 Å². The Kier molecular flexibility index (Phi) is 6.10. The summed E-state index contributed by atoms with van der Waals surface area (Å²) >= 11 is 0. The van der Waals surface area contributed by atoms with Crippen molar-refractivity contribution in [3.8, 4) is 0 Å². The molecule has 0 amide bonds. The van der Waals surface area contributed by atoms with Crippen molar-refractivity contribution in [2.24, 2.45) is 11.3 Å². The van der Waals surface area contributed by atoms with Gasteiger partial charge in [-0.05, 0) is 57.5 Å². The van der Waals surface area contributed by atoms with Crippen molar-refractivity contribution in [2.45, 2.75) is 65.5 Å². The van der Waals surface area contributed by atoms with Crippen LogP contribution in [0.15, 0.2) is 0 Å². The molecule has 0 spiro atoms. The second kappa shape index (κ2) is 7.43. The Balaban J connectivity index is 1.95. The van der Waals surface area contributed by atoms with Crippen molar-refractivity contribution in [1.29, 1.82) is 0 Å². The summed E-state index contributed by atoms with van der Waals surface area (Å²) in [7, 11) is 2.25. The molecule has 0 bridgehead atoms. The third-order valence-corrected chi connectivity index (χ3v) is 5.61. The van der Waals surface area contributed by atoms with E-state index in [1.165, 1.54) is 58.4 Å². The lowest BCUT2D eigenvalue weighted by molar-refractivity contribution is 0.0480. The van der Waals surface area contributed by atoms with Gasteiger partial charge in [0, 0.05) is 38.3 Å². The molecule has 3 heteroatoms. The van der Waals surface area contributed by atoms with E-state index >= 15 is 0 Å². The van der Waals surface area contributed by atoms with Crippen LogP contribution in [0.3, 0.4) is 0 Å². The Morgan fingerprint density at radius 3 is 2.67 bits per heavy atom. The van der Waals surface area contributed by atoms with Crippen molar-refractivity contribution < 1.29 is 0 Å². The molecule has 3 atom stereocenters. The van der Waals surface area contributed by atoms with E-state index in [4.69, 9.17) is 0 Å². The van der Waals surface area contributed by atoms with Crippen molar-refractivity contribution in [1.82, 2.24) is 15.1 Å². The molecule has 1 saturated heterocycles. The minimum atomic E-state index is 0.533. The van der Waals surface area contributed by atoms with Crippen LogP contribution in [0.5, 0.6) is 0 Å². The average molecular weight is 296 g/mol. The SMILES string of the molecule is CCCNC1CCC(C)(C)CC1CN1CCN(C)CC1C. The second-order valence-electron chi connectivity index (χ2n) is 8.33. The van der Waals surface area contributed by atoms with Crippen molar-refractivity contribution >= 4 is 0 Å². The summed E-state index contributed by atoms with van der Waals surface area (Å²) in [5.41, 5.74) is 0.533. The van der Waals surface area contributed by atoms with Crippen molar-refractivity contribution in [3.05, 3.63) is 0 Å². The van der Waals surface area contributed by atoms with Gasteiger partial charge in [-0.25, -0.2) is 0 Å². The monoisotopic (exact) mass is 295 g/mol. The summed E-state index contributed by atoms with van der Waals surface area (Å²) < 4.78 is 0. The molecule has 1 aliphatic heterocycles. The van der Waals surface area contributed by atoms with Gasteiger partial charge in [0.1, 0.15) is 0 Å². The maximum atomic E-state index is 3.84. The lowest BCUT2D eigenvalue weighted by Gasteiger charge is -2.46. The lowest BCUT2D eigenvalue weighted by atomic mass is 9.69. The Bertz CT molecular complexity index is 316. The highest BCUT2D eigenvalue weighted by atomic mass is 15.3. The fourth-order valence-corrected chi connectivity index (χ4v) is 4.28. The summed E-state index contributed by atoms with van der Waals surface area (Å²) in [6.45, 7) is 15.8. The van der Waals surface area contributed by atoms with Crippen LogP contribution in [0.25, 0.3) is 0 Å². The first kappa shape index (κ1) is 17.2. The van der Waals surface area contributed by atoms with Crippen LogP contribution >= 0.6 is 0 Å². The Morgan fingerprint density at radius 1 is 1.24 bits per heavy atom. The Morgan fingerprint density at radius 2 is 2.00 bits per heavy atom. The largest absolute Gasteiger partial charge is 0.314 e. The molecule has 1 aliphatic carbocycles. The fraction of sp³-hybridized carbons (Fsp3) is 1.00. The molecule has 21 heavy (non-hydrogen) atoms. The van der Waals surface area contributed by atoms with Gasteiger partial charge in [0.25, 0.3) is 0 Å². The Labute approximate surface area is 132 Å². The highest BCUT2D eigenvalue weighted by molar-refractivity contribution is 4.91. The first-order chi connectivity index (χ1) is 9.91. The number of piperazine rings is 1. The zero-order valence-electron chi connectivity index (χ0n) is 15.0. The standard InChI is InChI=1S/C18H37N3/c1-6-9-19-17-7-8-18(3,4)12-16(17)14-21-11-10-20(5)13-15(21)2/h15-17,19H,6-14H2,1-5H3. The summed E-state index contributed by atoms with van der Waals surface area (Å²) in [5.74, 6) is 0.825. The third-order valence-electron chi connectivity index (χ3n) is 5.61. The molecule has 2 rings (SSSR count). The molecule has 3 nitrogen and oxygen atoms in total. The molecule has 0 radical (unpaired) electrons. The van der Waals surface area contributed by atoms with Gasteiger partial charge in [0.15, 0.2) is 0 Å². The van der Waals surface area contributed by atoms with Crippen LogP contribution in [0, 0.1) is 11.3 Å². The van der Waals surface area contributed by atoms with Crippen molar-refractivity contribution in [3.63, 3.8) is 0 Å². The number of hydrogen-bond acceptors (Lipinski definition) is 3. The second-order valence-corrected chi connectivity index (χ2v) is 8.33. The van der Waals surface area contributed by atoms with E-state index in [9.17, 15) is 0 Å². The molecule has 0 aromatic heterocycles. The molecule has 124 valence electrons. The quantitative estimate of drug-likeness (QED) is 0.841. The van der Waals surface area contributed by atoms with Gasteiger partial charge in [0.2, 0.25) is 0 Å². The zero-order valence-corrected chi connectivity index (χ0v) is 15.0. The van der Waals surface area contributed by atoms with E-state index in [-0.39, 0.29) is 0 Å². The van der Waals surface area contributed by atoms with Crippen LogP contribution in [0.1, 0.15) is 53.4 Å². The smallest absolute Gasteiger partial charge is 0.0195 e. The number of nitrogens with one attached hydrogen (secondary N) is 1. The molecule has 1 saturated carbocycles. The van der Waals surface area contributed by atoms with E-state index < -0.39 is 0 Å². The van der Waals surface area contributed by atoms with Gasteiger partial charge in [-0.15, -0.1) is 0 Å². The fourth-order valence-electron chi connectivity index (χ4n) is 4.28. The van der Waals surface area contributed by atoms with Gasteiger partial charge in [-0.3, -0.25) is 4.90 Å². The first-order valence-electron chi connectivity index (χ1n) is 9.07. The molecular weight excluding hydrogens is 258 g/mol. The third kappa shape index (κ3) is 4.94. The van der Waals surface area contributed by atoms with E-state index in [0.29, 0.717) is 11.5 Å². The predicted octanol–water partition coefficient (Wildman–Crippen LogP) is 2.82. The number of likely N-dealkylation sites (N-methyl/N-ethyl adjacent to an activating group) is 1. The van der Waals surface area contributed by atoms with E-state index in [0.717, 1.165) is 12.0 Å². The topological polar surface area (TPSA) is 18.5 Å². The Hall–Kier alpha value is -0.120. The van der Waals surface area contributed by atoms with Gasteiger partial charge in [0.05, 0.1) is 0 Å². The highest BCUT2D eigenvalue weighted by Gasteiger charge is 2.36. The number of nitrogens with zero attached hydrogens (tertiary/aromatic N) is 2. The molecular formula is C18H37N3. The lowest BCUT2D eigenvalue weighted by Crippen LogP contribution is -2.55. The summed E-state index contributed by atoms with van der Waals surface area (Å²) in [5, 5.41) is 3.84. The maximum Gasteiger partial charge on any atom is 0.0195 e. The van der Waals surface area contributed by atoms with Crippen LogP contribution in [0.2, 0.25) is 0 Å². The summed E-state index contributed by atoms with van der Waals surface area (Å²) in [4.78, 5) is 5.21. The predicted molar refractivity (Wildman–Crippen MR) is 91.7 cm³/mol. The molecule has 2 fully saturated rings. The van der Waals surface area contributed by atoms with Crippen LogP contribution in [-0.4, -0.2) is 61.7 Å². The minimum absolute atomic E-state index is 0.533. The van der Waals surface area contributed by atoms with Crippen LogP contribution in [0.4, 0.5) is 0 Å². The first-order valence-corrected chi connectivity index (χ1v) is 9.07.